The van der Waals surface area contributed by atoms with Gasteiger partial charge in [-0.05, 0) is 42.8 Å². The summed E-state index contributed by atoms with van der Waals surface area (Å²) in [5.74, 6) is -1.86. The first kappa shape index (κ1) is 17.7. The fourth-order valence-corrected chi connectivity index (χ4v) is 1.93. The van der Waals surface area contributed by atoms with E-state index in [-0.39, 0.29) is 5.69 Å². The number of para-hydroxylation sites is 1. The summed E-state index contributed by atoms with van der Waals surface area (Å²) in [5, 5.41) is 2.96. The molecule has 0 aliphatic carbocycles. The summed E-state index contributed by atoms with van der Waals surface area (Å²) < 4.78 is 18.5. The largest absolute Gasteiger partial charge is 0.449 e. The highest BCUT2D eigenvalue weighted by Crippen LogP contribution is 2.13. The van der Waals surface area contributed by atoms with Crippen LogP contribution >= 0.6 is 11.6 Å². The second kappa shape index (κ2) is 8.26. The Bertz CT molecular complexity index is 759. The first-order valence-electron chi connectivity index (χ1n) is 7.15. The van der Waals surface area contributed by atoms with Gasteiger partial charge >= 0.3 is 5.97 Å². The van der Waals surface area contributed by atoms with Gasteiger partial charge in [-0.15, -0.1) is 0 Å². The number of halogens is 2. The molecule has 0 saturated carbocycles. The van der Waals surface area contributed by atoms with Crippen LogP contribution in [0, 0.1) is 5.82 Å². The fourth-order valence-electron chi connectivity index (χ4n) is 1.80. The van der Waals surface area contributed by atoms with Crippen molar-refractivity contribution in [1.82, 2.24) is 0 Å². The minimum atomic E-state index is -1.06. The minimum Gasteiger partial charge on any atom is -0.449 e. The molecule has 2 rings (SSSR count). The molecule has 0 aliphatic rings. The summed E-state index contributed by atoms with van der Waals surface area (Å²) in [6, 6.07) is 12.6. The first-order valence-corrected chi connectivity index (χ1v) is 7.53. The van der Waals surface area contributed by atoms with E-state index in [1.807, 2.05) is 0 Å². The van der Waals surface area contributed by atoms with Gasteiger partial charge in [0.25, 0.3) is 5.91 Å². The maximum absolute atomic E-state index is 13.5. The summed E-state index contributed by atoms with van der Waals surface area (Å²) in [6.07, 6.45) is 1.68. The Morgan fingerprint density at radius 3 is 2.50 bits per heavy atom. The fraction of sp³-hybridized carbons (Fsp3) is 0.111. The summed E-state index contributed by atoms with van der Waals surface area (Å²) in [4.78, 5) is 23.6. The van der Waals surface area contributed by atoms with Crippen LogP contribution in [-0.4, -0.2) is 18.0 Å². The number of carbonyl (C=O) groups is 2. The predicted molar refractivity (Wildman–Crippen MR) is 91.1 cm³/mol. The van der Waals surface area contributed by atoms with Crippen LogP contribution in [-0.2, 0) is 14.3 Å². The molecule has 2 aromatic carbocycles. The van der Waals surface area contributed by atoms with Gasteiger partial charge in [-0.1, -0.05) is 35.9 Å². The lowest BCUT2D eigenvalue weighted by molar-refractivity contribution is -0.148. The maximum atomic E-state index is 13.5. The third-order valence-corrected chi connectivity index (χ3v) is 3.33. The van der Waals surface area contributed by atoms with Gasteiger partial charge in [0.1, 0.15) is 5.82 Å². The van der Waals surface area contributed by atoms with Gasteiger partial charge in [0.05, 0.1) is 5.69 Å². The molecule has 1 atom stereocenters. The second-order valence-corrected chi connectivity index (χ2v) is 5.37. The van der Waals surface area contributed by atoms with E-state index in [2.05, 4.69) is 5.32 Å². The standard InChI is InChI=1S/C18H15ClFNO3/c1-12(18(23)21-16-5-3-2-4-15(16)20)24-17(22)11-8-13-6-9-14(19)10-7-13/h2-12H,1H3,(H,21,23)/b11-8+/t12-/m1/s1. The predicted octanol–water partition coefficient (Wildman–Crippen LogP) is 4.06. The Morgan fingerprint density at radius 2 is 1.83 bits per heavy atom. The van der Waals surface area contributed by atoms with Gasteiger partial charge in [-0.25, -0.2) is 9.18 Å². The lowest BCUT2D eigenvalue weighted by atomic mass is 10.2. The quantitative estimate of drug-likeness (QED) is 0.655. The van der Waals surface area contributed by atoms with Crippen molar-refractivity contribution in [3.8, 4) is 0 Å². The molecule has 1 amide bonds. The Kier molecular flexibility index (Phi) is 6.09. The van der Waals surface area contributed by atoms with Crippen molar-refractivity contribution in [2.45, 2.75) is 13.0 Å². The summed E-state index contributed by atoms with van der Waals surface area (Å²) >= 11 is 5.77. The number of carbonyl (C=O) groups excluding carboxylic acids is 2. The zero-order valence-electron chi connectivity index (χ0n) is 12.8. The zero-order chi connectivity index (χ0) is 17.5. The van der Waals surface area contributed by atoms with E-state index in [1.54, 1.807) is 36.4 Å². The normalized spacial score (nSPS) is 12.0. The van der Waals surface area contributed by atoms with E-state index >= 15 is 0 Å². The highest BCUT2D eigenvalue weighted by Gasteiger charge is 2.17. The van der Waals surface area contributed by atoms with Crippen LogP contribution < -0.4 is 5.32 Å². The minimum absolute atomic E-state index is 0.0297. The molecule has 2 aromatic rings. The summed E-state index contributed by atoms with van der Waals surface area (Å²) in [6.45, 7) is 1.41. The smallest absolute Gasteiger partial charge is 0.331 e. The number of rotatable bonds is 5. The summed E-state index contributed by atoms with van der Waals surface area (Å²) in [7, 11) is 0. The van der Waals surface area contributed by atoms with E-state index in [4.69, 9.17) is 16.3 Å². The number of esters is 1. The molecular formula is C18H15ClFNO3. The van der Waals surface area contributed by atoms with E-state index in [0.29, 0.717) is 5.02 Å². The molecule has 0 fully saturated rings. The van der Waals surface area contributed by atoms with Crippen molar-refractivity contribution in [1.29, 1.82) is 0 Å². The molecule has 124 valence electrons. The summed E-state index contributed by atoms with van der Waals surface area (Å²) in [5.41, 5.74) is 0.793. The Labute approximate surface area is 143 Å². The van der Waals surface area contributed by atoms with Crippen LogP contribution in [0.1, 0.15) is 12.5 Å². The van der Waals surface area contributed by atoms with E-state index in [9.17, 15) is 14.0 Å². The van der Waals surface area contributed by atoms with Gasteiger partial charge < -0.3 is 10.1 Å². The van der Waals surface area contributed by atoms with Crippen LogP contribution in [0.5, 0.6) is 0 Å². The van der Waals surface area contributed by atoms with E-state index in [0.717, 1.165) is 5.56 Å². The number of hydrogen-bond acceptors (Lipinski definition) is 3. The Morgan fingerprint density at radius 1 is 1.17 bits per heavy atom. The second-order valence-electron chi connectivity index (χ2n) is 4.93. The Balaban J connectivity index is 1.90. The zero-order valence-corrected chi connectivity index (χ0v) is 13.6. The number of nitrogens with one attached hydrogen (secondary N) is 1. The lowest BCUT2D eigenvalue weighted by Gasteiger charge is -2.12. The average Bonchev–Trinajstić information content (AvgIpc) is 2.56. The van der Waals surface area contributed by atoms with Gasteiger partial charge in [-0.3, -0.25) is 4.79 Å². The molecule has 24 heavy (non-hydrogen) atoms. The third kappa shape index (κ3) is 5.21. The van der Waals surface area contributed by atoms with Gasteiger partial charge in [0.15, 0.2) is 6.10 Å². The molecule has 0 saturated heterocycles. The third-order valence-electron chi connectivity index (χ3n) is 3.08. The number of anilines is 1. The molecule has 0 bridgehead atoms. The number of amides is 1. The van der Waals surface area contributed by atoms with Crippen LogP contribution in [0.3, 0.4) is 0 Å². The van der Waals surface area contributed by atoms with Gasteiger partial charge in [0.2, 0.25) is 0 Å². The lowest BCUT2D eigenvalue weighted by Crippen LogP contribution is -2.29. The molecular weight excluding hydrogens is 333 g/mol. The molecule has 6 heteroatoms. The number of hydrogen-bond donors (Lipinski definition) is 1. The van der Waals surface area contributed by atoms with Crippen LogP contribution in [0.25, 0.3) is 6.08 Å². The molecule has 0 aromatic heterocycles. The van der Waals surface area contributed by atoms with Crippen LogP contribution in [0.4, 0.5) is 10.1 Å². The SMILES string of the molecule is C[C@@H](OC(=O)/C=C/c1ccc(Cl)cc1)C(=O)Nc1ccccc1F. The van der Waals surface area contributed by atoms with Crippen molar-refractivity contribution in [3.63, 3.8) is 0 Å². The monoisotopic (exact) mass is 347 g/mol. The first-order chi connectivity index (χ1) is 11.5. The van der Waals surface area contributed by atoms with Crippen molar-refractivity contribution >= 4 is 35.2 Å². The highest BCUT2D eigenvalue weighted by molar-refractivity contribution is 6.30. The van der Waals surface area contributed by atoms with E-state index in [1.165, 1.54) is 31.2 Å². The van der Waals surface area contributed by atoms with Gasteiger partial charge in [-0.2, -0.15) is 0 Å². The van der Waals surface area contributed by atoms with E-state index < -0.39 is 23.8 Å². The molecule has 0 spiro atoms. The topological polar surface area (TPSA) is 55.4 Å². The molecule has 1 N–H and O–H groups in total. The van der Waals surface area contributed by atoms with Crippen LogP contribution in [0.15, 0.2) is 54.6 Å². The van der Waals surface area contributed by atoms with Crippen molar-refractivity contribution < 1.29 is 18.7 Å². The molecule has 4 nitrogen and oxygen atoms in total. The molecule has 0 unspecified atom stereocenters. The maximum Gasteiger partial charge on any atom is 0.331 e. The van der Waals surface area contributed by atoms with Crippen molar-refractivity contribution in [2.24, 2.45) is 0 Å². The van der Waals surface area contributed by atoms with Crippen LogP contribution in [0.2, 0.25) is 5.02 Å². The number of benzene rings is 2. The van der Waals surface area contributed by atoms with Gasteiger partial charge in [0, 0.05) is 11.1 Å². The number of ether oxygens (including phenoxy) is 1. The average molecular weight is 348 g/mol. The highest BCUT2D eigenvalue weighted by atomic mass is 35.5. The van der Waals surface area contributed by atoms with Crippen molar-refractivity contribution in [3.05, 3.63) is 71.0 Å². The van der Waals surface area contributed by atoms with Crippen molar-refractivity contribution in [2.75, 3.05) is 5.32 Å². The molecule has 0 radical (unpaired) electrons. The molecule has 0 heterocycles. The molecule has 0 aliphatic heterocycles. The Hall–Kier alpha value is -2.66.